The molecule has 2 rings (SSSR count). The molecule has 0 saturated heterocycles. The van der Waals surface area contributed by atoms with Gasteiger partial charge in [-0.15, -0.1) is 0 Å². The molecule has 2 heteroatoms. The molecular formula is C11H10ClN. The minimum absolute atomic E-state index is 0.608. The number of aryl methyl sites for hydroxylation is 1. The lowest BCUT2D eigenvalue weighted by Gasteiger charge is -2.06. The molecule has 2 aromatic rings. The van der Waals surface area contributed by atoms with E-state index in [1.165, 1.54) is 10.9 Å². The Balaban J connectivity index is 2.94. The number of halogens is 1. The molecule has 0 unspecified atom stereocenters. The summed E-state index contributed by atoms with van der Waals surface area (Å²) in [4.78, 5) is 4.30. The van der Waals surface area contributed by atoms with E-state index < -0.39 is 0 Å². The number of pyridine rings is 1. The number of aromatic nitrogens is 1. The average Bonchev–Trinajstić information content (AvgIpc) is 2.15. The van der Waals surface area contributed by atoms with E-state index in [9.17, 15) is 0 Å². The Bertz CT molecular complexity index is 463. The summed E-state index contributed by atoms with van der Waals surface area (Å²) in [5, 5.41) is 1.79. The van der Waals surface area contributed by atoms with Gasteiger partial charge in [-0.05, 0) is 31.0 Å². The van der Waals surface area contributed by atoms with Crippen molar-refractivity contribution in [2.24, 2.45) is 0 Å². The van der Waals surface area contributed by atoms with Gasteiger partial charge in [-0.25, -0.2) is 4.98 Å². The molecule has 0 N–H and O–H groups in total. The standard InChI is InChI=1S/C11H10ClN/c1-7-8(2)11(12)13-10-6-4-3-5-9(7)10/h3-6H,1-2H3. The van der Waals surface area contributed by atoms with Crippen LogP contribution in [0.3, 0.4) is 0 Å². The second kappa shape index (κ2) is 3.00. The predicted octanol–water partition coefficient (Wildman–Crippen LogP) is 3.51. The van der Waals surface area contributed by atoms with Crippen LogP contribution in [-0.4, -0.2) is 4.98 Å². The summed E-state index contributed by atoms with van der Waals surface area (Å²) >= 11 is 5.98. The first-order chi connectivity index (χ1) is 6.20. The first-order valence-electron chi connectivity index (χ1n) is 4.21. The highest BCUT2D eigenvalue weighted by atomic mass is 35.5. The SMILES string of the molecule is Cc1c(Cl)nc2ccccc2c1C. The van der Waals surface area contributed by atoms with Crippen LogP contribution in [-0.2, 0) is 0 Å². The smallest absolute Gasteiger partial charge is 0.132 e. The molecule has 0 atom stereocenters. The van der Waals surface area contributed by atoms with Gasteiger partial charge in [0, 0.05) is 5.39 Å². The zero-order valence-corrected chi connectivity index (χ0v) is 8.39. The summed E-state index contributed by atoms with van der Waals surface area (Å²) in [5.41, 5.74) is 3.26. The Morgan fingerprint density at radius 1 is 1.08 bits per heavy atom. The minimum atomic E-state index is 0.608. The molecule has 13 heavy (non-hydrogen) atoms. The van der Waals surface area contributed by atoms with Crippen LogP contribution in [0.5, 0.6) is 0 Å². The predicted molar refractivity (Wildman–Crippen MR) is 56.2 cm³/mol. The van der Waals surface area contributed by atoms with Crippen molar-refractivity contribution in [3.8, 4) is 0 Å². The van der Waals surface area contributed by atoms with E-state index in [-0.39, 0.29) is 0 Å². The van der Waals surface area contributed by atoms with Crippen molar-refractivity contribution in [1.29, 1.82) is 0 Å². The van der Waals surface area contributed by atoms with Gasteiger partial charge in [-0.2, -0.15) is 0 Å². The molecule has 66 valence electrons. The Labute approximate surface area is 82.4 Å². The van der Waals surface area contributed by atoms with Gasteiger partial charge >= 0.3 is 0 Å². The van der Waals surface area contributed by atoms with Gasteiger partial charge in [0.1, 0.15) is 5.15 Å². The van der Waals surface area contributed by atoms with Crippen molar-refractivity contribution in [2.45, 2.75) is 13.8 Å². The lowest BCUT2D eigenvalue weighted by atomic mass is 10.1. The van der Waals surface area contributed by atoms with Gasteiger partial charge in [0.25, 0.3) is 0 Å². The van der Waals surface area contributed by atoms with Crippen LogP contribution < -0.4 is 0 Å². The first kappa shape index (κ1) is 8.52. The molecule has 0 spiro atoms. The van der Waals surface area contributed by atoms with Crippen LogP contribution in [0.4, 0.5) is 0 Å². The van der Waals surface area contributed by atoms with Crippen molar-refractivity contribution in [2.75, 3.05) is 0 Å². The van der Waals surface area contributed by atoms with Crippen molar-refractivity contribution < 1.29 is 0 Å². The van der Waals surface area contributed by atoms with Crippen LogP contribution in [0.15, 0.2) is 24.3 Å². The lowest BCUT2D eigenvalue weighted by Crippen LogP contribution is -1.89. The molecule has 0 amide bonds. The second-order valence-electron chi connectivity index (χ2n) is 3.17. The summed E-state index contributed by atoms with van der Waals surface area (Å²) < 4.78 is 0. The third-order valence-electron chi connectivity index (χ3n) is 2.40. The molecule has 0 fully saturated rings. The van der Waals surface area contributed by atoms with Crippen molar-refractivity contribution in [3.05, 3.63) is 40.5 Å². The third kappa shape index (κ3) is 1.29. The largest absolute Gasteiger partial charge is 0.236 e. The van der Waals surface area contributed by atoms with Gasteiger partial charge in [0.15, 0.2) is 0 Å². The number of benzene rings is 1. The Morgan fingerprint density at radius 3 is 2.54 bits per heavy atom. The van der Waals surface area contributed by atoms with Gasteiger partial charge in [-0.3, -0.25) is 0 Å². The number of hydrogen-bond acceptors (Lipinski definition) is 1. The van der Waals surface area contributed by atoms with Crippen LogP contribution in [0.25, 0.3) is 10.9 Å². The van der Waals surface area contributed by atoms with Crippen molar-refractivity contribution in [1.82, 2.24) is 4.98 Å². The fraction of sp³-hybridized carbons (Fsp3) is 0.182. The fourth-order valence-electron chi connectivity index (χ4n) is 1.43. The van der Waals surface area contributed by atoms with E-state index in [0.717, 1.165) is 11.1 Å². The summed E-state index contributed by atoms with van der Waals surface area (Å²) in [6.07, 6.45) is 0. The lowest BCUT2D eigenvalue weighted by molar-refractivity contribution is 1.28. The Hall–Kier alpha value is -1.08. The molecule has 1 aromatic heterocycles. The van der Waals surface area contributed by atoms with Gasteiger partial charge in [0.2, 0.25) is 0 Å². The van der Waals surface area contributed by atoms with Gasteiger partial charge in [-0.1, -0.05) is 29.8 Å². The van der Waals surface area contributed by atoms with Crippen LogP contribution in [0.2, 0.25) is 5.15 Å². The number of nitrogens with zero attached hydrogens (tertiary/aromatic N) is 1. The van der Waals surface area contributed by atoms with Gasteiger partial charge < -0.3 is 0 Å². The first-order valence-corrected chi connectivity index (χ1v) is 4.59. The Kier molecular flexibility index (Phi) is 1.97. The normalized spacial score (nSPS) is 10.7. The van der Waals surface area contributed by atoms with Crippen LogP contribution >= 0.6 is 11.6 Å². The number of para-hydroxylation sites is 1. The van der Waals surface area contributed by atoms with Crippen molar-refractivity contribution >= 4 is 22.5 Å². The highest BCUT2D eigenvalue weighted by Crippen LogP contribution is 2.24. The molecule has 0 aliphatic rings. The van der Waals surface area contributed by atoms with E-state index in [0.29, 0.717) is 5.15 Å². The highest BCUT2D eigenvalue weighted by Gasteiger charge is 2.04. The van der Waals surface area contributed by atoms with E-state index in [2.05, 4.69) is 18.0 Å². The van der Waals surface area contributed by atoms with E-state index in [4.69, 9.17) is 11.6 Å². The molecular weight excluding hydrogens is 182 g/mol. The summed E-state index contributed by atoms with van der Waals surface area (Å²) in [6, 6.07) is 8.04. The summed E-state index contributed by atoms with van der Waals surface area (Å²) in [7, 11) is 0. The monoisotopic (exact) mass is 191 g/mol. The summed E-state index contributed by atoms with van der Waals surface area (Å²) in [6.45, 7) is 4.07. The molecule has 0 saturated carbocycles. The summed E-state index contributed by atoms with van der Waals surface area (Å²) in [5.74, 6) is 0. The molecule has 1 aromatic carbocycles. The highest BCUT2D eigenvalue weighted by molar-refractivity contribution is 6.30. The maximum atomic E-state index is 5.98. The number of rotatable bonds is 0. The maximum absolute atomic E-state index is 5.98. The molecule has 1 heterocycles. The van der Waals surface area contributed by atoms with Crippen LogP contribution in [0, 0.1) is 13.8 Å². The zero-order valence-electron chi connectivity index (χ0n) is 7.63. The topological polar surface area (TPSA) is 12.9 Å². The fourth-order valence-corrected chi connectivity index (χ4v) is 1.67. The zero-order chi connectivity index (χ0) is 9.42. The molecule has 0 bridgehead atoms. The third-order valence-corrected chi connectivity index (χ3v) is 2.77. The number of fused-ring (bicyclic) bond motifs is 1. The molecule has 1 nitrogen and oxygen atoms in total. The molecule has 0 aliphatic carbocycles. The Morgan fingerprint density at radius 2 is 1.77 bits per heavy atom. The van der Waals surface area contributed by atoms with Crippen LogP contribution in [0.1, 0.15) is 11.1 Å². The molecule has 0 aliphatic heterocycles. The average molecular weight is 192 g/mol. The quantitative estimate of drug-likeness (QED) is 0.581. The minimum Gasteiger partial charge on any atom is -0.236 e. The number of hydrogen-bond donors (Lipinski definition) is 0. The molecule has 0 radical (unpaired) electrons. The van der Waals surface area contributed by atoms with Crippen molar-refractivity contribution in [3.63, 3.8) is 0 Å². The second-order valence-corrected chi connectivity index (χ2v) is 3.53. The maximum Gasteiger partial charge on any atom is 0.132 e. The van der Waals surface area contributed by atoms with E-state index in [1.54, 1.807) is 0 Å². The van der Waals surface area contributed by atoms with Gasteiger partial charge in [0.05, 0.1) is 5.52 Å². The van der Waals surface area contributed by atoms with E-state index >= 15 is 0 Å². The van der Waals surface area contributed by atoms with E-state index in [1.807, 2.05) is 25.1 Å².